The number of rotatable bonds is 10. The van der Waals surface area contributed by atoms with E-state index in [1.54, 1.807) is 0 Å². The van der Waals surface area contributed by atoms with Crippen LogP contribution < -0.4 is 0 Å². The molecule has 0 aliphatic heterocycles. The van der Waals surface area contributed by atoms with E-state index in [0.717, 1.165) is 51.4 Å². The van der Waals surface area contributed by atoms with Crippen molar-refractivity contribution in [3.8, 4) is 0 Å². The van der Waals surface area contributed by atoms with Crippen LogP contribution in [0.25, 0.3) is 0 Å². The molecule has 1 rings (SSSR count). The molecule has 132 valence electrons. The molecule has 0 saturated heterocycles. The minimum atomic E-state index is -0.756. The van der Waals surface area contributed by atoms with E-state index in [2.05, 4.69) is 41.5 Å². The predicted octanol–water partition coefficient (Wildman–Crippen LogP) is 5.70. The Morgan fingerprint density at radius 3 is 1.50 bits per heavy atom. The van der Waals surface area contributed by atoms with Gasteiger partial charge in [0.1, 0.15) is 0 Å². The van der Waals surface area contributed by atoms with Gasteiger partial charge in [0.15, 0.2) is 0 Å². The second kappa shape index (κ2) is 8.62. The predicted molar refractivity (Wildman–Crippen MR) is 88.1 cm³/mol. The Bertz CT molecular complexity index is 282. The first-order chi connectivity index (χ1) is 10.2. The largest absolute Gasteiger partial charge is 0.234 e. The van der Waals surface area contributed by atoms with Crippen molar-refractivity contribution in [2.45, 2.75) is 116 Å². The van der Waals surface area contributed by atoms with Crippen molar-refractivity contribution < 1.29 is 19.6 Å². The van der Waals surface area contributed by atoms with Crippen LogP contribution in [0.5, 0.6) is 0 Å². The van der Waals surface area contributed by atoms with E-state index in [1.165, 1.54) is 6.42 Å². The summed E-state index contributed by atoms with van der Waals surface area (Å²) in [6.07, 6.45) is 9.02. The summed E-state index contributed by atoms with van der Waals surface area (Å²) < 4.78 is 0. The van der Waals surface area contributed by atoms with E-state index < -0.39 is 5.79 Å². The lowest BCUT2D eigenvalue weighted by molar-refractivity contribution is -0.548. The molecule has 22 heavy (non-hydrogen) atoms. The van der Waals surface area contributed by atoms with Crippen molar-refractivity contribution in [1.29, 1.82) is 0 Å². The van der Waals surface area contributed by atoms with Crippen molar-refractivity contribution in [2.24, 2.45) is 0 Å². The second-order valence-electron chi connectivity index (χ2n) is 7.82. The SMILES string of the molecule is CCCC(C)(C)OOC1(OOC(C)(C)CCC)CCCCC1. The first-order valence-electron chi connectivity index (χ1n) is 8.98. The van der Waals surface area contributed by atoms with Crippen LogP contribution in [0.2, 0.25) is 0 Å². The first kappa shape index (κ1) is 19.9. The van der Waals surface area contributed by atoms with Crippen molar-refractivity contribution in [3.05, 3.63) is 0 Å². The molecule has 0 aromatic rings. The minimum absolute atomic E-state index is 0.304. The highest BCUT2D eigenvalue weighted by Crippen LogP contribution is 2.36. The van der Waals surface area contributed by atoms with Crippen molar-refractivity contribution in [1.82, 2.24) is 0 Å². The average molecular weight is 316 g/mol. The van der Waals surface area contributed by atoms with Gasteiger partial charge in [0.05, 0.1) is 11.2 Å². The maximum atomic E-state index is 5.81. The maximum absolute atomic E-state index is 5.81. The third-order valence-corrected chi connectivity index (χ3v) is 4.16. The molecule has 4 heteroatoms. The molecule has 0 atom stereocenters. The van der Waals surface area contributed by atoms with E-state index >= 15 is 0 Å². The van der Waals surface area contributed by atoms with Gasteiger partial charge in [0.25, 0.3) is 0 Å². The Morgan fingerprint density at radius 2 is 1.14 bits per heavy atom. The molecule has 1 saturated carbocycles. The van der Waals surface area contributed by atoms with Gasteiger partial charge in [-0.05, 0) is 53.4 Å². The summed E-state index contributed by atoms with van der Waals surface area (Å²) in [6.45, 7) is 12.5. The van der Waals surface area contributed by atoms with Crippen LogP contribution in [0.3, 0.4) is 0 Å². The highest BCUT2D eigenvalue weighted by atomic mass is 17.3. The topological polar surface area (TPSA) is 36.9 Å². The van der Waals surface area contributed by atoms with Crippen LogP contribution in [-0.2, 0) is 19.6 Å². The van der Waals surface area contributed by atoms with Crippen molar-refractivity contribution >= 4 is 0 Å². The van der Waals surface area contributed by atoms with Crippen LogP contribution in [0.4, 0.5) is 0 Å². The zero-order chi connectivity index (χ0) is 16.7. The fraction of sp³-hybridized carbons (Fsp3) is 1.00. The lowest BCUT2D eigenvalue weighted by atomic mass is 9.94. The first-order valence-corrected chi connectivity index (χ1v) is 8.98. The van der Waals surface area contributed by atoms with Crippen LogP contribution in [0, 0.1) is 0 Å². The van der Waals surface area contributed by atoms with Gasteiger partial charge in [-0.3, -0.25) is 0 Å². The third kappa shape index (κ3) is 6.95. The van der Waals surface area contributed by atoms with E-state index in [4.69, 9.17) is 19.6 Å². The summed E-state index contributed by atoms with van der Waals surface area (Å²) in [6, 6.07) is 0. The Kier molecular flexibility index (Phi) is 7.80. The molecule has 0 bridgehead atoms. The molecular formula is C18H36O4. The summed E-state index contributed by atoms with van der Waals surface area (Å²) in [4.78, 5) is 23.1. The smallest absolute Gasteiger partial charge is 0.228 e. The highest BCUT2D eigenvalue weighted by Gasteiger charge is 2.40. The molecule has 0 amide bonds. The van der Waals surface area contributed by atoms with Gasteiger partial charge in [0, 0.05) is 12.8 Å². The van der Waals surface area contributed by atoms with Gasteiger partial charge in [-0.25, -0.2) is 9.78 Å². The zero-order valence-electron chi connectivity index (χ0n) is 15.5. The number of hydrogen-bond acceptors (Lipinski definition) is 4. The normalized spacial score (nSPS) is 19.4. The van der Waals surface area contributed by atoms with Gasteiger partial charge in [-0.1, -0.05) is 33.1 Å². The molecule has 0 spiro atoms. The molecule has 0 unspecified atom stereocenters. The second-order valence-corrected chi connectivity index (χ2v) is 7.82. The maximum Gasteiger partial charge on any atom is 0.234 e. The molecule has 1 fully saturated rings. The molecule has 0 aromatic carbocycles. The van der Waals surface area contributed by atoms with Crippen molar-refractivity contribution in [2.75, 3.05) is 0 Å². The van der Waals surface area contributed by atoms with Gasteiger partial charge >= 0.3 is 0 Å². The van der Waals surface area contributed by atoms with Crippen LogP contribution in [0.1, 0.15) is 99.3 Å². The zero-order valence-corrected chi connectivity index (χ0v) is 15.5. The lowest BCUT2D eigenvalue weighted by Gasteiger charge is -2.38. The van der Waals surface area contributed by atoms with E-state index in [-0.39, 0.29) is 11.2 Å². The summed E-state index contributed by atoms with van der Waals surface area (Å²) in [7, 11) is 0. The molecule has 0 N–H and O–H groups in total. The average Bonchev–Trinajstić information content (AvgIpc) is 2.45. The fourth-order valence-corrected chi connectivity index (χ4v) is 2.94. The van der Waals surface area contributed by atoms with Gasteiger partial charge < -0.3 is 0 Å². The highest BCUT2D eigenvalue weighted by molar-refractivity contribution is 4.75. The Hall–Kier alpha value is -0.160. The Morgan fingerprint density at radius 1 is 0.727 bits per heavy atom. The van der Waals surface area contributed by atoms with Crippen molar-refractivity contribution in [3.63, 3.8) is 0 Å². The van der Waals surface area contributed by atoms with Crippen LogP contribution in [0.15, 0.2) is 0 Å². The molecular weight excluding hydrogens is 280 g/mol. The fourth-order valence-electron chi connectivity index (χ4n) is 2.94. The van der Waals surface area contributed by atoms with Gasteiger partial charge in [0.2, 0.25) is 5.79 Å². The van der Waals surface area contributed by atoms with E-state index in [9.17, 15) is 0 Å². The Balaban J connectivity index is 2.62. The van der Waals surface area contributed by atoms with E-state index in [1.807, 2.05) is 0 Å². The molecule has 1 aliphatic carbocycles. The minimum Gasteiger partial charge on any atom is -0.228 e. The molecule has 0 aromatic heterocycles. The summed E-state index contributed by atoms with van der Waals surface area (Å²) in [5.74, 6) is -0.756. The third-order valence-electron chi connectivity index (χ3n) is 4.16. The van der Waals surface area contributed by atoms with Crippen LogP contribution >= 0.6 is 0 Å². The Labute approximate surface area is 136 Å². The lowest BCUT2D eigenvalue weighted by Crippen LogP contribution is -2.43. The quantitative estimate of drug-likeness (QED) is 0.294. The molecule has 0 radical (unpaired) electrons. The molecule has 4 nitrogen and oxygen atoms in total. The summed E-state index contributed by atoms with van der Waals surface area (Å²) in [5, 5.41) is 0. The van der Waals surface area contributed by atoms with E-state index in [0.29, 0.717) is 0 Å². The van der Waals surface area contributed by atoms with Gasteiger partial charge in [-0.15, -0.1) is 0 Å². The van der Waals surface area contributed by atoms with Crippen LogP contribution in [-0.4, -0.2) is 17.0 Å². The summed E-state index contributed by atoms with van der Waals surface area (Å²) >= 11 is 0. The standard InChI is InChI=1S/C18H36O4/c1-7-12-16(3,4)19-21-18(14-10-9-11-15-18)22-20-17(5,6)13-8-2/h7-15H2,1-6H3. The summed E-state index contributed by atoms with van der Waals surface area (Å²) in [5.41, 5.74) is -0.608. The molecule has 1 aliphatic rings. The monoisotopic (exact) mass is 316 g/mol. The number of hydrogen-bond donors (Lipinski definition) is 0. The van der Waals surface area contributed by atoms with Gasteiger partial charge in [-0.2, -0.15) is 9.78 Å². The molecule has 0 heterocycles.